The van der Waals surface area contributed by atoms with Gasteiger partial charge in [0, 0.05) is 23.4 Å². The van der Waals surface area contributed by atoms with Crippen molar-refractivity contribution in [2.24, 2.45) is 0 Å². The molecule has 7 nitrogen and oxygen atoms in total. The Balaban J connectivity index is 1.97. The van der Waals surface area contributed by atoms with Crippen LogP contribution in [0.2, 0.25) is 0 Å². The highest BCUT2D eigenvalue weighted by molar-refractivity contribution is 5.88. The van der Waals surface area contributed by atoms with E-state index < -0.39 is 64.5 Å². The molecule has 2 aromatic carbocycles. The highest BCUT2D eigenvalue weighted by Gasteiger charge is 2.32. The van der Waals surface area contributed by atoms with Crippen LogP contribution >= 0.6 is 0 Å². The highest BCUT2D eigenvalue weighted by atomic mass is 19.2. The van der Waals surface area contributed by atoms with Crippen molar-refractivity contribution in [2.75, 3.05) is 5.43 Å². The Bertz CT molecular complexity index is 1230. The van der Waals surface area contributed by atoms with E-state index in [0.717, 1.165) is 35.1 Å². The van der Waals surface area contributed by atoms with Crippen molar-refractivity contribution in [3.63, 3.8) is 0 Å². The number of aromatic carboxylic acids is 1. The fourth-order valence-electron chi connectivity index (χ4n) is 3.37. The molecule has 31 heavy (non-hydrogen) atoms. The van der Waals surface area contributed by atoms with Gasteiger partial charge >= 0.3 is 5.97 Å². The molecule has 0 bridgehead atoms. The first kappa shape index (κ1) is 20.3. The van der Waals surface area contributed by atoms with Gasteiger partial charge in [-0.25, -0.2) is 18.0 Å². The van der Waals surface area contributed by atoms with Crippen LogP contribution in [0.3, 0.4) is 0 Å². The lowest BCUT2D eigenvalue weighted by Crippen LogP contribution is -2.28. The number of hydrogen-bond donors (Lipinski definition) is 3. The van der Waals surface area contributed by atoms with E-state index in [-0.39, 0.29) is 16.7 Å². The van der Waals surface area contributed by atoms with E-state index in [1.807, 2.05) is 0 Å². The quantitative estimate of drug-likeness (QED) is 0.546. The normalized spacial score (nSPS) is 14.8. The fourth-order valence-corrected chi connectivity index (χ4v) is 3.37. The molecule has 3 aromatic rings. The SMILES string of the molecule is O=C(O)c1c(O)c(=O)ccn1NC1c2ccc(F)c(F)c2COc2c1ccc(F)c2F. The van der Waals surface area contributed by atoms with Gasteiger partial charge in [-0.2, -0.15) is 4.39 Å². The van der Waals surface area contributed by atoms with Gasteiger partial charge in [0.15, 0.2) is 34.6 Å². The number of halogens is 4. The van der Waals surface area contributed by atoms with Crippen LogP contribution in [0.1, 0.15) is 33.2 Å². The molecule has 11 heteroatoms. The van der Waals surface area contributed by atoms with Gasteiger partial charge in [0.05, 0.1) is 6.04 Å². The maximum Gasteiger partial charge on any atom is 0.358 e. The van der Waals surface area contributed by atoms with Crippen LogP contribution in [-0.2, 0) is 6.61 Å². The second-order valence-electron chi connectivity index (χ2n) is 6.61. The van der Waals surface area contributed by atoms with Crippen molar-refractivity contribution in [1.29, 1.82) is 0 Å². The maximum absolute atomic E-state index is 14.5. The van der Waals surface area contributed by atoms with Gasteiger partial charge in [-0.05, 0) is 23.8 Å². The molecule has 1 aliphatic heterocycles. The lowest BCUT2D eigenvalue weighted by Gasteiger charge is -2.25. The van der Waals surface area contributed by atoms with E-state index in [2.05, 4.69) is 5.43 Å². The molecule has 2 heterocycles. The third kappa shape index (κ3) is 3.23. The number of aromatic hydroxyl groups is 1. The molecule has 0 saturated carbocycles. The summed E-state index contributed by atoms with van der Waals surface area (Å²) in [5.74, 6) is -8.45. The minimum absolute atomic E-state index is 0.0400. The largest absolute Gasteiger partial charge is 0.502 e. The van der Waals surface area contributed by atoms with Gasteiger partial charge in [-0.15, -0.1) is 0 Å². The Hall–Kier alpha value is -4.02. The van der Waals surface area contributed by atoms with Gasteiger partial charge < -0.3 is 20.4 Å². The van der Waals surface area contributed by atoms with Crippen LogP contribution in [0, 0.1) is 23.3 Å². The number of ether oxygens (including phenoxy) is 1. The molecule has 160 valence electrons. The third-order valence-corrected chi connectivity index (χ3v) is 4.84. The molecule has 3 N–H and O–H groups in total. The van der Waals surface area contributed by atoms with Gasteiger partial charge in [0.25, 0.3) is 0 Å². The molecule has 1 unspecified atom stereocenters. The minimum Gasteiger partial charge on any atom is -0.502 e. The summed E-state index contributed by atoms with van der Waals surface area (Å²) < 4.78 is 62.4. The molecule has 0 fully saturated rings. The van der Waals surface area contributed by atoms with Crippen LogP contribution in [-0.4, -0.2) is 20.9 Å². The zero-order chi connectivity index (χ0) is 22.4. The van der Waals surface area contributed by atoms with Gasteiger partial charge in [-0.1, -0.05) is 6.07 Å². The number of nitrogens with one attached hydrogen (secondary N) is 1. The second-order valence-corrected chi connectivity index (χ2v) is 6.61. The van der Waals surface area contributed by atoms with Crippen LogP contribution in [0.25, 0.3) is 0 Å². The average molecular weight is 436 g/mol. The van der Waals surface area contributed by atoms with E-state index in [1.165, 1.54) is 6.07 Å². The van der Waals surface area contributed by atoms with Gasteiger partial charge in [0.2, 0.25) is 11.2 Å². The predicted octanol–water partition coefficient (Wildman–Crippen LogP) is 3.03. The number of pyridine rings is 1. The zero-order valence-electron chi connectivity index (χ0n) is 15.3. The predicted molar refractivity (Wildman–Crippen MR) is 97.6 cm³/mol. The summed E-state index contributed by atoms with van der Waals surface area (Å²) in [4.78, 5) is 23.2. The molecular formula is C20H12F4N2O5. The molecule has 0 saturated heterocycles. The number of nitrogens with zero attached hydrogens (tertiary/aromatic N) is 1. The Morgan fingerprint density at radius 3 is 2.35 bits per heavy atom. The van der Waals surface area contributed by atoms with E-state index >= 15 is 0 Å². The number of fused-ring (bicyclic) bond motifs is 2. The molecule has 0 amide bonds. The molecule has 1 aromatic heterocycles. The van der Waals surface area contributed by atoms with Crippen LogP contribution in [0.15, 0.2) is 41.3 Å². The number of carboxylic acids is 1. The van der Waals surface area contributed by atoms with E-state index in [1.54, 1.807) is 0 Å². The Morgan fingerprint density at radius 2 is 1.68 bits per heavy atom. The van der Waals surface area contributed by atoms with Gasteiger partial charge in [0.1, 0.15) is 6.61 Å². The summed E-state index contributed by atoms with van der Waals surface area (Å²) in [5.41, 5.74) is 0.470. The molecule has 0 aliphatic carbocycles. The molecule has 1 atom stereocenters. The number of hydrogen-bond acceptors (Lipinski definition) is 5. The van der Waals surface area contributed by atoms with Crippen molar-refractivity contribution in [2.45, 2.75) is 12.6 Å². The van der Waals surface area contributed by atoms with E-state index in [4.69, 9.17) is 4.74 Å². The third-order valence-electron chi connectivity index (χ3n) is 4.84. The number of aromatic nitrogens is 1. The Labute approximate surface area is 170 Å². The lowest BCUT2D eigenvalue weighted by molar-refractivity contribution is 0.0681. The molecular weight excluding hydrogens is 424 g/mol. The van der Waals surface area contributed by atoms with Gasteiger partial charge in [-0.3, -0.25) is 9.47 Å². The summed E-state index contributed by atoms with van der Waals surface area (Å²) in [6.07, 6.45) is 0.983. The van der Waals surface area contributed by atoms with E-state index in [0.29, 0.717) is 0 Å². The van der Waals surface area contributed by atoms with Crippen molar-refractivity contribution >= 4 is 5.97 Å². The standard InChI is InChI=1S/C20H12F4N2O5/c21-11-3-1-8-10(14(11)23)7-31-19-9(2-4-12(22)15(19)24)16(8)25-26-6-5-13(27)18(28)17(26)20(29)30/h1-6,16,25,28H,7H2,(H,29,30). The minimum atomic E-state index is -1.68. The van der Waals surface area contributed by atoms with Crippen LogP contribution in [0.4, 0.5) is 17.6 Å². The second kappa shape index (κ2) is 7.35. The summed E-state index contributed by atoms with van der Waals surface area (Å²) in [6, 6.07) is 3.49. The zero-order valence-corrected chi connectivity index (χ0v) is 15.3. The topological polar surface area (TPSA) is 101 Å². The Kier molecular flexibility index (Phi) is 4.80. The smallest absolute Gasteiger partial charge is 0.358 e. The van der Waals surface area contributed by atoms with Crippen molar-refractivity contribution in [1.82, 2.24) is 4.68 Å². The van der Waals surface area contributed by atoms with Crippen LogP contribution < -0.4 is 15.6 Å². The lowest BCUT2D eigenvalue weighted by atomic mass is 9.95. The first-order chi connectivity index (χ1) is 14.7. The molecule has 0 spiro atoms. The number of carboxylic acid groups (broad SMARTS) is 1. The summed E-state index contributed by atoms with van der Waals surface area (Å²) in [5, 5.41) is 19.3. The van der Waals surface area contributed by atoms with E-state index in [9.17, 15) is 37.4 Å². The Morgan fingerprint density at radius 1 is 1.03 bits per heavy atom. The monoisotopic (exact) mass is 436 g/mol. The first-order valence-electron chi connectivity index (χ1n) is 8.72. The van der Waals surface area contributed by atoms with Crippen LogP contribution in [0.5, 0.6) is 11.5 Å². The van der Waals surface area contributed by atoms with Crippen molar-refractivity contribution in [3.05, 3.63) is 92.4 Å². The summed E-state index contributed by atoms with van der Waals surface area (Å²) in [7, 11) is 0. The molecule has 4 rings (SSSR count). The molecule has 0 radical (unpaired) electrons. The fraction of sp³-hybridized carbons (Fsp3) is 0.100. The molecule has 1 aliphatic rings. The van der Waals surface area contributed by atoms with Crippen molar-refractivity contribution < 1.29 is 37.3 Å². The highest BCUT2D eigenvalue weighted by Crippen LogP contribution is 2.40. The summed E-state index contributed by atoms with van der Waals surface area (Å²) >= 11 is 0. The number of benzene rings is 2. The van der Waals surface area contributed by atoms with Crippen molar-refractivity contribution in [3.8, 4) is 11.5 Å². The average Bonchev–Trinajstić information content (AvgIpc) is 2.88. The summed E-state index contributed by atoms with van der Waals surface area (Å²) in [6.45, 7) is -0.633. The first-order valence-corrected chi connectivity index (χ1v) is 8.72. The number of carbonyl (C=O) groups is 1. The number of rotatable bonds is 3. The maximum atomic E-state index is 14.5.